The number of rotatable bonds is 5. The molecular formula is C22H21N5O4. The van der Waals surface area contributed by atoms with Gasteiger partial charge in [-0.05, 0) is 31.0 Å². The zero-order chi connectivity index (χ0) is 22.0. The smallest absolute Gasteiger partial charge is 0.282 e. The zero-order valence-corrected chi connectivity index (χ0v) is 16.7. The maximum Gasteiger partial charge on any atom is 0.282 e. The van der Waals surface area contributed by atoms with Crippen molar-refractivity contribution < 1.29 is 14.5 Å². The summed E-state index contributed by atoms with van der Waals surface area (Å²) >= 11 is 0. The van der Waals surface area contributed by atoms with Crippen molar-refractivity contribution in [1.29, 1.82) is 0 Å². The summed E-state index contributed by atoms with van der Waals surface area (Å²) in [6.07, 6.45) is 3.02. The van der Waals surface area contributed by atoms with Crippen LogP contribution in [0.3, 0.4) is 0 Å². The third-order valence-corrected chi connectivity index (χ3v) is 5.46. The predicted molar refractivity (Wildman–Crippen MR) is 113 cm³/mol. The van der Waals surface area contributed by atoms with Gasteiger partial charge in [-0.3, -0.25) is 19.7 Å². The molecule has 1 aliphatic rings. The Bertz CT molecular complexity index is 1140. The molecule has 0 saturated carbocycles. The van der Waals surface area contributed by atoms with E-state index in [1.54, 1.807) is 21.8 Å². The van der Waals surface area contributed by atoms with Gasteiger partial charge in [0.05, 0.1) is 21.9 Å². The number of primary amides is 1. The van der Waals surface area contributed by atoms with Gasteiger partial charge in [0, 0.05) is 31.3 Å². The van der Waals surface area contributed by atoms with Crippen LogP contribution < -0.4 is 5.73 Å². The molecule has 0 spiro atoms. The first kappa shape index (κ1) is 20.3. The molecule has 9 heteroatoms. The van der Waals surface area contributed by atoms with Crippen molar-refractivity contribution in [2.75, 3.05) is 13.1 Å². The molecule has 0 unspecified atom stereocenters. The highest BCUT2D eigenvalue weighted by Gasteiger charge is 2.32. The summed E-state index contributed by atoms with van der Waals surface area (Å²) in [6, 6.07) is 15.3. The molecule has 2 amide bonds. The molecule has 2 N–H and O–H groups in total. The summed E-state index contributed by atoms with van der Waals surface area (Å²) in [4.78, 5) is 37.5. The Morgan fingerprint density at radius 1 is 1.06 bits per heavy atom. The topological polar surface area (TPSA) is 124 Å². The average Bonchev–Trinajstić information content (AvgIpc) is 3.25. The van der Waals surface area contributed by atoms with Crippen LogP contribution in [0.2, 0.25) is 0 Å². The number of nitro benzene ring substituents is 1. The van der Waals surface area contributed by atoms with E-state index in [2.05, 4.69) is 5.10 Å². The number of likely N-dealkylation sites (tertiary alicyclic amines) is 1. The molecule has 0 radical (unpaired) electrons. The number of hydrogen-bond donors (Lipinski definition) is 1. The van der Waals surface area contributed by atoms with Gasteiger partial charge in [-0.1, -0.05) is 30.3 Å². The summed E-state index contributed by atoms with van der Waals surface area (Å²) in [6.45, 7) is 0.781. The Morgan fingerprint density at radius 3 is 2.48 bits per heavy atom. The van der Waals surface area contributed by atoms with Crippen LogP contribution in [0.25, 0.3) is 5.69 Å². The fraction of sp³-hybridized carbons (Fsp3) is 0.227. The number of carbonyl (C=O) groups is 2. The lowest BCUT2D eigenvalue weighted by Crippen LogP contribution is -2.39. The molecule has 4 rings (SSSR count). The number of benzene rings is 2. The number of hydrogen-bond acceptors (Lipinski definition) is 5. The normalized spacial score (nSPS) is 16.1. The molecule has 0 bridgehead atoms. The molecule has 3 aromatic rings. The van der Waals surface area contributed by atoms with E-state index in [0.29, 0.717) is 30.8 Å². The Morgan fingerprint density at radius 2 is 1.77 bits per heavy atom. The van der Waals surface area contributed by atoms with Gasteiger partial charge in [0.15, 0.2) is 0 Å². The quantitative estimate of drug-likeness (QED) is 0.503. The first-order valence-corrected chi connectivity index (χ1v) is 9.93. The first-order valence-electron chi connectivity index (χ1n) is 9.93. The number of nitrogens with zero attached hydrogens (tertiary/aromatic N) is 4. The first-order chi connectivity index (χ1) is 15.0. The molecule has 1 aliphatic heterocycles. The van der Waals surface area contributed by atoms with E-state index in [1.165, 1.54) is 18.2 Å². The number of aromatic nitrogens is 2. The van der Waals surface area contributed by atoms with E-state index >= 15 is 0 Å². The van der Waals surface area contributed by atoms with Crippen LogP contribution in [-0.4, -0.2) is 44.5 Å². The third-order valence-electron chi connectivity index (χ3n) is 5.46. The van der Waals surface area contributed by atoms with Crippen LogP contribution >= 0.6 is 0 Å². The SMILES string of the molecule is NC(=O)c1cn(-c2ccccc2)nc1[C@@H]1CCCN(C(=O)c2ccccc2[N+](=O)[O-])C1. The van der Waals surface area contributed by atoms with Crippen molar-refractivity contribution in [3.63, 3.8) is 0 Å². The lowest BCUT2D eigenvalue weighted by atomic mass is 9.92. The van der Waals surface area contributed by atoms with Crippen LogP contribution in [0.5, 0.6) is 0 Å². The van der Waals surface area contributed by atoms with E-state index in [-0.39, 0.29) is 17.2 Å². The molecule has 1 atom stereocenters. The summed E-state index contributed by atoms with van der Waals surface area (Å²) in [5.41, 5.74) is 7.08. The van der Waals surface area contributed by atoms with Gasteiger partial charge in [-0.2, -0.15) is 5.10 Å². The van der Waals surface area contributed by atoms with Crippen molar-refractivity contribution in [3.8, 4) is 5.69 Å². The number of nitrogens with two attached hydrogens (primary N) is 1. The fourth-order valence-corrected chi connectivity index (χ4v) is 3.96. The van der Waals surface area contributed by atoms with E-state index < -0.39 is 16.7 Å². The lowest BCUT2D eigenvalue weighted by molar-refractivity contribution is -0.385. The van der Waals surface area contributed by atoms with E-state index in [0.717, 1.165) is 12.1 Å². The second kappa shape index (κ2) is 8.39. The van der Waals surface area contributed by atoms with Crippen molar-refractivity contribution in [3.05, 3.63) is 87.7 Å². The molecule has 158 valence electrons. The van der Waals surface area contributed by atoms with E-state index in [1.807, 2.05) is 30.3 Å². The Kier molecular flexibility index (Phi) is 5.48. The zero-order valence-electron chi connectivity index (χ0n) is 16.7. The van der Waals surface area contributed by atoms with Crippen LogP contribution in [0, 0.1) is 10.1 Å². The molecule has 2 heterocycles. The highest BCUT2D eigenvalue weighted by Crippen LogP contribution is 2.31. The monoisotopic (exact) mass is 419 g/mol. The molecule has 9 nitrogen and oxygen atoms in total. The summed E-state index contributed by atoms with van der Waals surface area (Å²) in [7, 11) is 0. The van der Waals surface area contributed by atoms with Gasteiger partial charge >= 0.3 is 0 Å². The predicted octanol–water partition coefficient (Wildman–Crippen LogP) is 2.90. The maximum atomic E-state index is 13.1. The second-order valence-electron chi connectivity index (χ2n) is 7.44. The van der Waals surface area contributed by atoms with Crippen molar-refractivity contribution >= 4 is 17.5 Å². The van der Waals surface area contributed by atoms with Crippen molar-refractivity contribution in [2.45, 2.75) is 18.8 Å². The number of para-hydroxylation sites is 2. The second-order valence-corrected chi connectivity index (χ2v) is 7.44. The highest BCUT2D eigenvalue weighted by molar-refractivity contribution is 5.98. The van der Waals surface area contributed by atoms with E-state index in [4.69, 9.17) is 5.73 Å². The highest BCUT2D eigenvalue weighted by atomic mass is 16.6. The van der Waals surface area contributed by atoms with Crippen molar-refractivity contribution in [2.24, 2.45) is 5.73 Å². The molecule has 1 fully saturated rings. The van der Waals surface area contributed by atoms with Crippen LogP contribution in [0.4, 0.5) is 5.69 Å². The van der Waals surface area contributed by atoms with Crippen molar-refractivity contribution in [1.82, 2.24) is 14.7 Å². The van der Waals surface area contributed by atoms with Gasteiger partial charge < -0.3 is 10.6 Å². The van der Waals surface area contributed by atoms with Gasteiger partial charge in [-0.25, -0.2) is 4.68 Å². The van der Waals surface area contributed by atoms with Gasteiger partial charge in [0.25, 0.3) is 17.5 Å². The van der Waals surface area contributed by atoms with Crippen LogP contribution in [0.1, 0.15) is 45.2 Å². The van der Waals surface area contributed by atoms with Crippen LogP contribution in [0.15, 0.2) is 60.8 Å². The number of nitro groups is 1. The minimum Gasteiger partial charge on any atom is -0.365 e. The molecule has 0 aliphatic carbocycles. The fourth-order valence-electron chi connectivity index (χ4n) is 3.96. The Hall–Kier alpha value is -4.01. The minimum absolute atomic E-state index is 0.0538. The molecular weight excluding hydrogens is 398 g/mol. The number of piperidine rings is 1. The Balaban J connectivity index is 1.63. The molecule has 2 aromatic carbocycles. The molecule has 1 aromatic heterocycles. The standard InChI is InChI=1S/C22H21N5O4/c23-21(28)18-14-26(16-8-2-1-3-9-16)24-20(18)15-7-6-12-25(13-15)22(29)17-10-4-5-11-19(17)27(30)31/h1-5,8-11,14-15H,6-7,12-13H2,(H2,23,28)/t15-/m1/s1. The van der Waals surface area contributed by atoms with Gasteiger partial charge in [0.1, 0.15) is 5.56 Å². The lowest BCUT2D eigenvalue weighted by Gasteiger charge is -2.32. The number of amides is 2. The average molecular weight is 419 g/mol. The minimum atomic E-state index is -0.584. The molecule has 1 saturated heterocycles. The van der Waals surface area contributed by atoms with Crippen LogP contribution in [-0.2, 0) is 0 Å². The number of carbonyl (C=O) groups excluding carboxylic acids is 2. The van der Waals surface area contributed by atoms with Gasteiger partial charge in [0.2, 0.25) is 0 Å². The summed E-state index contributed by atoms with van der Waals surface area (Å²) < 4.78 is 1.61. The largest absolute Gasteiger partial charge is 0.365 e. The maximum absolute atomic E-state index is 13.1. The van der Waals surface area contributed by atoms with Gasteiger partial charge in [-0.15, -0.1) is 0 Å². The van der Waals surface area contributed by atoms with E-state index in [9.17, 15) is 19.7 Å². The summed E-state index contributed by atoms with van der Waals surface area (Å²) in [5, 5.41) is 15.9. The third kappa shape index (κ3) is 4.02. The molecule has 31 heavy (non-hydrogen) atoms. The Labute approximate surface area is 178 Å². The summed E-state index contributed by atoms with van der Waals surface area (Å²) in [5.74, 6) is -1.19.